The molecule has 1 aliphatic rings. The number of H-pyrrole nitrogens is 1. The summed E-state index contributed by atoms with van der Waals surface area (Å²) in [6, 6.07) is 20.2. The molecule has 2 aromatic heterocycles. The summed E-state index contributed by atoms with van der Waals surface area (Å²) < 4.78 is 2.02. The van der Waals surface area contributed by atoms with E-state index in [4.69, 9.17) is 0 Å². The van der Waals surface area contributed by atoms with E-state index in [1.165, 1.54) is 22.2 Å². The molecule has 0 spiro atoms. The van der Waals surface area contributed by atoms with Crippen molar-refractivity contribution in [3.05, 3.63) is 89.9 Å². The number of nitrogens with zero attached hydrogens (tertiary/aromatic N) is 1. The Labute approximate surface area is 151 Å². The highest BCUT2D eigenvalue weighted by atomic mass is 16.1. The number of para-hydroxylation sites is 1. The molecule has 1 aliphatic carbocycles. The van der Waals surface area contributed by atoms with Crippen molar-refractivity contribution >= 4 is 16.8 Å². The van der Waals surface area contributed by atoms with Gasteiger partial charge in [0.15, 0.2) is 0 Å². The minimum absolute atomic E-state index is 0.0106. The van der Waals surface area contributed by atoms with Crippen LogP contribution in [0, 0.1) is 0 Å². The first-order valence-electron chi connectivity index (χ1n) is 8.91. The van der Waals surface area contributed by atoms with E-state index in [9.17, 15) is 4.79 Å². The summed E-state index contributed by atoms with van der Waals surface area (Å²) in [6.07, 6.45) is 5.72. The highest BCUT2D eigenvalue weighted by Crippen LogP contribution is 2.30. The number of aromatic amines is 1. The fourth-order valence-electron chi connectivity index (χ4n) is 3.89. The maximum atomic E-state index is 12.6. The SMILES string of the molecule is O=C(NC1Cc2[nH]c3ccccc3c2C1)c1ccc(-n2cccc2)cc1. The second kappa shape index (κ2) is 5.92. The molecule has 0 saturated carbocycles. The Morgan fingerprint density at radius 3 is 2.54 bits per heavy atom. The molecular formula is C22H19N3O. The maximum Gasteiger partial charge on any atom is 0.251 e. The number of amides is 1. The average Bonchev–Trinajstić information content (AvgIpc) is 3.38. The molecule has 128 valence electrons. The molecule has 26 heavy (non-hydrogen) atoms. The van der Waals surface area contributed by atoms with Crippen LogP contribution in [-0.2, 0) is 12.8 Å². The predicted molar refractivity (Wildman–Crippen MR) is 103 cm³/mol. The molecule has 1 atom stereocenters. The molecule has 4 heteroatoms. The molecule has 2 heterocycles. The van der Waals surface area contributed by atoms with Crippen molar-refractivity contribution in [3.8, 4) is 5.69 Å². The fraction of sp³-hybridized carbons (Fsp3) is 0.136. The van der Waals surface area contributed by atoms with Crippen molar-refractivity contribution in [2.75, 3.05) is 0 Å². The second-order valence-corrected chi connectivity index (χ2v) is 6.84. The largest absolute Gasteiger partial charge is 0.358 e. The van der Waals surface area contributed by atoms with Crippen molar-refractivity contribution in [1.29, 1.82) is 0 Å². The Morgan fingerprint density at radius 2 is 1.73 bits per heavy atom. The minimum Gasteiger partial charge on any atom is -0.358 e. The van der Waals surface area contributed by atoms with E-state index < -0.39 is 0 Å². The summed E-state index contributed by atoms with van der Waals surface area (Å²) in [7, 11) is 0. The first kappa shape index (κ1) is 15.0. The van der Waals surface area contributed by atoms with Gasteiger partial charge in [-0.05, 0) is 54.4 Å². The van der Waals surface area contributed by atoms with Crippen molar-refractivity contribution < 1.29 is 4.79 Å². The topological polar surface area (TPSA) is 49.8 Å². The van der Waals surface area contributed by atoms with E-state index >= 15 is 0 Å². The minimum atomic E-state index is -0.0106. The summed E-state index contributed by atoms with van der Waals surface area (Å²) in [5.41, 5.74) is 5.52. The number of carbonyl (C=O) groups excluding carboxylic acids is 1. The van der Waals surface area contributed by atoms with E-state index in [0.717, 1.165) is 18.5 Å². The average molecular weight is 341 g/mol. The van der Waals surface area contributed by atoms with E-state index in [2.05, 4.69) is 28.5 Å². The zero-order valence-corrected chi connectivity index (χ0v) is 14.3. The Kier molecular flexibility index (Phi) is 3.42. The summed E-state index contributed by atoms with van der Waals surface area (Å²) in [6.45, 7) is 0. The molecule has 0 saturated heterocycles. The van der Waals surface area contributed by atoms with E-state index in [0.29, 0.717) is 5.56 Å². The van der Waals surface area contributed by atoms with Gasteiger partial charge in [0.1, 0.15) is 0 Å². The molecule has 4 aromatic rings. The van der Waals surface area contributed by atoms with Gasteiger partial charge in [0, 0.05) is 52.7 Å². The summed E-state index contributed by atoms with van der Waals surface area (Å²) in [4.78, 5) is 16.1. The monoisotopic (exact) mass is 341 g/mol. The van der Waals surface area contributed by atoms with Crippen LogP contribution in [0.3, 0.4) is 0 Å². The van der Waals surface area contributed by atoms with Crippen molar-refractivity contribution in [1.82, 2.24) is 14.9 Å². The predicted octanol–water partition coefficient (Wildman–Crippen LogP) is 3.86. The van der Waals surface area contributed by atoms with E-state index in [-0.39, 0.29) is 11.9 Å². The molecule has 0 radical (unpaired) electrons. The van der Waals surface area contributed by atoms with Crippen molar-refractivity contribution in [3.63, 3.8) is 0 Å². The van der Waals surface area contributed by atoms with Crippen molar-refractivity contribution in [2.45, 2.75) is 18.9 Å². The lowest BCUT2D eigenvalue weighted by molar-refractivity contribution is 0.0938. The van der Waals surface area contributed by atoms with Gasteiger partial charge in [-0.3, -0.25) is 4.79 Å². The van der Waals surface area contributed by atoms with Gasteiger partial charge in [-0.25, -0.2) is 0 Å². The third-order valence-electron chi connectivity index (χ3n) is 5.17. The standard InChI is InChI=1S/C22H19N3O/c26-22(15-7-9-17(10-8-15)25-11-3-4-12-25)23-16-13-19-18-5-1-2-6-20(18)24-21(19)14-16/h1-12,16,24H,13-14H2,(H,23,26). The van der Waals surface area contributed by atoms with E-state index in [1.54, 1.807) is 0 Å². The van der Waals surface area contributed by atoms with Crippen LogP contribution in [-0.4, -0.2) is 21.5 Å². The molecule has 2 N–H and O–H groups in total. The third kappa shape index (κ3) is 2.51. The summed E-state index contributed by atoms with van der Waals surface area (Å²) in [5, 5.41) is 4.45. The fourth-order valence-corrected chi connectivity index (χ4v) is 3.89. The molecule has 2 aromatic carbocycles. The number of aromatic nitrogens is 2. The van der Waals surface area contributed by atoms with E-state index in [1.807, 2.05) is 59.4 Å². The Balaban J connectivity index is 1.30. The van der Waals surface area contributed by atoms with Crippen LogP contribution in [0.25, 0.3) is 16.6 Å². The quantitative estimate of drug-likeness (QED) is 0.584. The van der Waals surface area contributed by atoms with Gasteiger partial charge in [0.2, 0.25) is 0 Å². The van der Waals surface area contributed by atoms with Crippen LogP contribution >= 0.6 is 0 Å². The van der Waals surface area contributed by atoms with Gasteiger partial charge in [0.05, 0.1) is 0 Å². The molecule has 0 aliphatic heterocycles. The van der Waals surface area contributed by atoms with Gasteiger partial charge in [0.25, 0.3) is 5.91 Å². The molecule has 4 nitrogen and oxygen atoms in total. The molecule has 1 unspecified atom stereocenters. The number of nitrogens with one attached hydrogen (secondary N) is 2. The highest BCUT2D eigenvalue weighted by molar-refractivity contribution is 5.95. The molecule has 0 bridgehead atoms. The first-order valence-corrected chi connectivity index (χ1v) is 8.91. The lowest BCUT2D eigenvalue weighted by Crippen LogP contribution is -2.35. The van der Waals surface area contributed by atoms with Crippen molar-refractivity contribution in [2.24, 2.45) is 0 Å². The lowest BCUT2D eigenvalue weighted by Gasteiger charge is -2.13. The zero-order valence-electron chi connectivity index (χ0n) is 14.3. The normalized spacial score (nSPS) is 15.9. The molecule has 0 fully saturated rings. The summed E-state index contributed by atoms with van der Waals surface area (Å²) in [5.74, 6) is -0.0106. The number of benzene rings is 2. The zero-order chi connectivity index (χ0) is 17.5. The van der Waals surface area contributed by atoms with Crippen LogP contribution in [0.15, 0.2) is 73.1 Å². The number of carbonyl (C=O) groups is 1. The smallest absolute Gasteiger partial charge is 0.251 e. The van der Waals surface area contributed by atoms with Gasteiger partial charge >= 0.3 is 0 Å². The lowest BCUT2D eigenvalue weighted by atomic mass is 10.1. The van der Waals surface area contributed by atoms with Gasteiger partial charge in [-0.15, -0.1) is 0 Å². The third-order valence-corrected chi connectivity index (χ3v) is 5.17. The molecule has 1 amide bonds. The molecular weight excluding hydrogens is 322 g/mol. The number of hydrogen-bond acceptors (Lipinski definition) is 1. The van der Waals surface area contributed by atoms with Gasteiger partial charge < -0.3 is 14.9 Å². The summed E-state index contributed by atoms with van der Waals surface area (Å²) >= 11 is 0. The second-order valence-electron chi connectivity index (χ2n) is 6.84. The van der Waals surface area contributed by atoms with Gasteiger partial charge in [-0.1, -0.05) is 18.2 Å². The van der Waals surface area contributed by atoms with Crippen LogP contribution < -0.4 is 5.32 Å². The highest BCUT2D eigenvalue weighted by Gasteiger charge is 2.26. The number of hydrogen-bond donors (Lipinski definition) is 2. The number of fused-ring (bicyclic) bond motifs is 3. The van der Waals surface area contributed by atoms with Gasteiger partial charge in [-0.2, -0.15) is 0 Å². The Morgan fingerprint density at radius 1 is 0.962 bits per heavy atom. The van der Waals surface area contributed by atoms with Crippen LogP contribution in [0.4, 0.5) is 0 Å². The van der Waals surface area contributed by atoms with Crippen LogP contribution in [0.2, 0.25) is 0 Å². The van der Waals surface area contributed by atoms with Crippen LogP contribution in [0.5, 0.6) is 0 Å². The van der Waals surface area contributed by atoms with Crippen LogP contribution in [0.1, 0.15) is 21.6 Å². The first-order chi connectivity index (χ1) is 12.8. The number of rotatable bonds is 3. The Hall–Kier alpha value is -3.27. The molecule has 5 rings (SSSR count). The maximum absolute atomic E-state index is 12.6. The Bertz CT molecular complexity index is 1070.